The predicted molar refractivity (Wildman–Crippen MR) is 109 cm³/mol. The molecule has 0 radical (unpaired) electrons. The number of hydrogen-bond acceptors (Lipinski definition) is 4. The van der Waals surface area contributed by atoms with Crippen molar-refractivity contribution in [1.29, 1.82) is 0 Å². The maximum atomic E-state index is 12.8. The zero-order valence-corrected chi connectivity index (χ0v) is 16.2. The maximum absolute atomic E-state index is 12.8. The molecule has 1 saturated heterocycles. The molecule has 1 aliphatic heterocycles. The highest BCUT2D eigenvalue weighted by molar-refractivity contribution is 7.99. The summed E-state index contributed by atoms with van der Waals surface area (Å²) in [7, 11) is 0. The second-order valence-corrected chi connectivity index (χ2v) is 7.58. The topological polar surface area (TPSA) is 67.4 Å². The summed E-state index contributed by atoms with van der Waals surface area (Å²) in [5, 5.41) is 5.80. The first-order valence-corrected chi connectivity index (χ1v) is 10.2. The molecule has 0 spiro atoms. The van der Waals surface area contributed by atoms with Crippen LogP contribution >= 0.6 is 11.8 Å². The summed E-state index contributed by atoms with van der Waals surface area (Å²) >= 11 is 1.62. The number of hydrogen-bond donors (Lipinski definition) is 2. The van der Waals surface area contributed by atoms with E-state index in [9.17, 15) is 9.59 Å². The van der Waals surface area contributed by atoms with Crippen molar-refractivity contribution < 1.29 is 14.3 Å². The molecular weight excluding hydrogens is 360 g/mol. The quantitative estimate of drug-likeness (QED) is 0.709. The fraction of sp³-hybridized carbons (Fsp3) is 0.333. The van der Waals surface area contributed by atoms with Gasteiger partial charge in [0.15, 0.2) is 0 Å². The van der Waals surface area contributed by atoms with Gasteiger partial charge in [0.25, 0.3) is 11.8 Å². The van der Waals surface area contributed by atoms with E-state index in [0.717, 1.165) is 30.1 Å². The number of benzene rings is 2. The Labute approximate surface area is 163 Å². The summed E-state index contributed by atoms with van der Waals surface area (Å²) in [6.07, 6.45) is 2.07. The van der Waals surface area contributed by atoms with Crippen molar-refractivity contribution in [2.45, 2.75) is 30.8 Å². The molecule has 6 heteroatoms. The molecule has 0 bridgehead atoms. The molecule has 2 N–H and O–H groups in total. The Balaban J connectivity index is 1.72. The molecule has 2 amide bonds. The SMILES string of the molecule is CCSc1ccccc1C(=O)Nc1ccccc1C(=O)NC[C@H]1CCCO1. The zero-order valence-electron chi connectivity index (χ0n) is 15.4. The van der Waals surface area contributed by atoms with Crippen LogP contribution in [-0.2, 0) is 4.74 Å². The molecule has 1 aliphatic rings. The van der Waals surface area contributed by atoms with E-state index in [4.69, 9.17) is 4.74 Å². The fourth-order valence-electron chi connectivity index (χ4n) is 3.02. The normalized spacial score (nSPS) is 16.1. The van der Waals surface area contributed by atoms with Crippen molar-refractivity contribution in [1.82, 2.24) is 5.32 Å². The molecule has 1 atom stereocenters. The largest absolute Gasteiger partial charge is 0.376 e. The molecule has 27 heavy (non-hydrogen) atoms. The van der Waals surface area contributed by atoms with Gasteiger partial charge in [-0.2, -0.15) is 0 Å². The summed E-state index contributed by atoms with van der Waals surface area (Å²) < 4.78 is 5.54. The highest BCUT2D eigenvalue weighted by atomic mass is 32.2. The monoisotopic (exact) mass is 384 g/mol. The second kappa shape index (κ2) is 9.58. The van der Waals surface area contributed by atoms with Gasteiger partial charge < -0.3 is 15.4 Å². The molecule has 142 valence electrons. The minimum atomic E-state index is -0.217. The van der Waals surface area contributed by atoms with Crippen molar-refractivity contribution in [3.63, 3.8) is 0 Å². The highest BCUT2D eigenvalue weighted by Crippen LogP contribution is 2.24. The summed E-state index contributed by atoms with van der Waals surface area (Å²) in [6.45, 7) is 3.28. The van der Waals surface area contributed by atoms with Crippen molar-refractivity contribution in [2.75, 3.05) is 24.2 Å². The summed E-state index contributed by atoms with van der Waals surface area (Å²) in [5.41, 5.74) is 1.56. The molecule has 0 saturated carbocycles. The van der Waals surface area contributed by atoms with Crippen LogP contribution in [0.25, 0.3) is 0 Å². The lowest BCUT2D eigenvalue weighted by atomic mass is 10.1. The van der Waals surface area contributed by atoms with Crippen LogP contribution in [0.2, 0.25) is 0 Å². The van der Waals surface area contributed by atoms with Gasteiger partial charge in [-0.1, -0.05) is 31.2 Å². The lowest BCUT2D eigenvalue weighted by molar-refractivity contribution is 0.0858. The number of anilines is 1. The Bertz CT molecular complexity index is 804. The van der Waals surface area contributed by atoms with E-state index in [0.29, 0.717) is 23.4 Å². The number of carbonyl (C=O) groups is 2. The van der Waals surface area contributed by atoms with Crippen LogP contribution in [0.15, 0.2) is 53.4 Å². The van der Waals surface area contributed by atoms with E-state index in [2.05, 4.69) is 10.6 Å². The number of para-hydroxylation sites is 1. The summed E-state index contributed by atoms with van der Waals surface area (Å²) in [6, 6.07) is 14.5. The van der Waals surface area contributed by atoms with Crippen molar-refractivity contribution >= 4 is 29.3 Å². The van der Waals surface area contributed by atoms with Crippen LogP contribution < -0.4 is 10.6 Å². The number of ether oxygens (including phenoxy) is 1. The smallest absolute Gasteiger partial charge is 0.256 e. The Morgan fingerprint density at radius 3 is 2.56 bits per heavy atom. The van der Waals surface area contributed by atoms with Crippen LogP contribution in [0.3, 0.4) is 0 Å². The summed E-state index contributed by atoms with van der Waals surface area (Å²) in [5.74, 6) is 0.454. The average molecular weight is 385 g/mol. The molecular formula is C21H24N2O3S. The third-order valence-corrected chi connectivity index (χ3v) is 5.32. The second-order valence-electron chi connectivity index (χ2n) is 6.27. The number of carbonyl (C=O) groups excluding carboxylic acids is 2. The van der Waals surface area contributed by atoms with E-state index < -0.39 is 0 Å². The van der Waals surface area contributed by atoms with E-state index in [1.165, 1.54) is 0 Å². The van der Waals surface area contributed by atoms with Crippen LogP contribution in [0.4, 0.5) is 5.69 Å². The van der Waals surface area contributed by atoms with Crippen LogP contribution in [0, 0.1) is 0 Å². The molecule has 2 aromatic rings. The van der Waals surface area contributed by atoms with E-state index in [-0.39, 0.29) is 17.9 Å². The Morgan fingerprint density at radius 1 is 1.07 bits per heavy atom. The minimum Gasteiger partial charge on any atom is -0.376 e. The number of thioether (sulfide) groups is 1. The first kappa shape index (κ1) is 19.5. The van der Waals surface area contributed by atoms with Gasteiger partial charge in [0.05, 0.1) is 22.9 Å². The van der Waals surface area contributed by atoms with Gasteiger partial charge in [0.1, 0.15) is 0 Å². The summed E-state index contributed by atoms with van der Waals surface area (Å²) in [4.78, 5) is 26.3. The Kier molecular flexibility index (Phi) is 6.90. The highest BCUT2D eigenvalue weighted by Gasteiger charge is 2.19. The van der Waals surface area contributed by atoms with Gasteiger partial charge in [0, 0.05) is 18.0 Å². The molecule has 1 heterocycles. The molecule has 0 unspecified atom stereocenters. The number of amides is 2. The molecule has 0 aliphatic carbocycles. The average Bonchev–Trinajstić information content (AvgIpc) is 3.21. The Morgan fingerprint density at radius 2 is 1.81 bits per heavy atom. The van der Waals surface area contributed by atoms with Crippen molar-refractivity contribution in [3.8, 4) is 0 Å². The molecule has 2 aromatic carbocycles. The van der Waals surface area contributed by atoms with Crippen LogP contribution in [-0.4, -0.2) is 36.8 Å². The van der Waals surface area contributed by atoms with Gasteiger partial charge >= 0.3 is 0 Å². The predicted octanol–water partition coefficient (Wildman–Crippen LogP) is 3.96. The Hall–Kier alpha value is -2.31. The first-order valence-electron chi connectivity index (χ1n) is 9.21. The van der Waals surface area contributed by atoms with Crippen LogP contribution in [0.5, 0.6) is 0 Å². The first-order chi connectivity index (χ1) is 13.2. The van der Waals surface area contributed by atoms with Gasteiger partial charge in [-0.25, -0.2) is 0 Å². The standard InChI is InChI=1S/C21H24N2O3S/c1-2-27-19-12-6-4-10-17(19)21(25)23-18-11-5-3-9-16(18)20(24)22-14-15-8-7-13-26-15/h3-6,9-12,15H,2,7-8,13-14H2,1H3,(H,22,24)(H,23,25)/t15-/m1/s1. The van der Waals surface area contributed by atoms with Gasteiger partial charge in [-0.15, -0.1) is 11.8 Å². The van der Waals surface area contributed by atoms with Gasteiger partial charge in [-0.3, -0.25) is 9.59 Å². The third-order valence-electron chi connectivity index (χ3n) is 4.37. The molecule has 1 fully saturated rings. The van der Waals surface area contributed by atoms with Crippen molar-refractivity contribution in [3.05, 3.63) is 59.7 Å². The zero-order chi connectivity index (χ0) is 19.1. The third kappa shape index (κ3) is 5.11. The fourth-order valence-corrected chi connectivity index (χ4v) is 3.82. The molecule has 0 aromatic heterocycles. The minimum absolute atomic E-state index is 0.0775. The molecule has 5 nitrogen and oxygen atoms in total. The maximum Gasteiger partial charge on any atom is 0.256 e. The van der Waals surface area contributed by atoms with E-state index in [1.807, 2.05) is 25.1 Å². The van der Waals surface area contributed by atoms with Crippen molar-refractivity contribution in [2.24, 2.45) is 0 Å². The van der Waals surface area contributed by atoms with E-state index in [1.54, 1.807) is 42.1 Å². The van der Waals surface area contributed by atoms with Gasteiger partial charge in [-0.05, 0) is 42.9 Å². The number of rotatable bonds is 7. The lowest BCUT2D eigenvalue weighted by Gasteiger charge is -2.14. The van der Waals surface area contributed by atoms with E-state index >= 15 is 0 Å². The lowest BCUT2D eigenvalue weighted by Crippen LogP contribution is -2.32. The number of nitrogens with one attached hydrogen (secondary N) is 2. The van der Waals surface area contributed by atoms with Crippen LogP contribution in [0.1, 0.15) is 40.5 Å². The molecule has 3 rings (SSSR count). The van der Waals surface area contributed by atoms with Gasteiger partial charge in [0.2, 0.25) is 0 Å².